The topological polar surface area (TPSA) is 20.3 Å². The predicted molar refractivity (Wildman–Crippen MR) is 63.3 cm³/mol. The summed E-state index contributed by atoms with van der Waals surface area (Å²) in [6, 6.07) is 0.116. The van der Waals surface area contributed by atoms with Crippen LogP contribution in [0.2, 0.25) is 0 Å². The van der Waals surface area contributed by atoms with Crippen LogP contribution in [0.4, 0.5) is 17.6 Å². The predicted octanol–water partition coefficient (Wildman–Crippen LogP) is 2.91. The molecule has 3 fully saturated rings. The standard InChI is InChI=1S/C14H13F4NO/c1-19(2)14-4-13(5-14,6-14)12(20)9-10(17)7(15)3-8(16)11(9)18/h3H,4-6H2,1-2H3. The molecular formula is C14H13F4NO. The number of nitrogens with zero attached hydrogens (tertiary/aromatic N) is 1. The van der Waals surface area contributed by atoms with Gasteiger partial charge in [-0.25, -0.2) is 17.6 Å². The molecule has 20 heavy (non-hydrogen) atoms. The molecule has 2 nitrogen and oxygen atoms in total. The Morgan fingerprint density at radius 3 is 1.90 bits per heavy atom. The number of carbonyl (C=O) groups excluding carboxylic acids is 1. The Morgan fingerprint density at radius 1 is 1.05 bits per heavy atom. The maximum atomic E-state index is 13.6. The van der Waals surface area contributed by atoms with Crippen molar-refractivity contribution in [1.29, 1.82) is 0 Å². The molecule has 1 aromatic carbocycles. The molecule has 3 aliphatic carbocycles. The van der Waals surface area contributed by atoms with Crippen molar-refractivity contribution in [3.63, 3.8) is 0 Å². The van der Waals surface area contributed by atoms with Gasteiger partial charge >= 0.3 is 0 Å². The molecule has 0 heterocycles. The first-order valence-electron chi connectivity index (χ1n) is 6.28. The fraction of sp³-hybridized carbons (Fsp3) is 0.500. The van der Waals surface area contributed by atoms with E-state index in [9.17, 15) is 22.4 Å². The molecule has 6 heteroatoms. The molecule has 3 saturated carbocycles. The maximum absolute atomic E-state index is 13.6. The smallest absolute Gasteiger partial charge is 0.175 e. The molecule has 3 aliphatic rings. The highest BCUT2D eigenvalue weighted by Gasteiger charge is 2.72. The summed E-state index contributed by atoms with van der Waals surface area (Å²) in [6.45, 7) is 0. The van der Waals surface area contributed by atoms with Gasteiger partial charge < -0.3 is 4.90 Å². The van der Waals surface area contributed by atoms with E-state index in [1.54, 1.807) is 0 Å². The van der Waals surface area contributed by atoms with Crippen LogP contribution in [0.3, 0.4) is 0 Å². The first kappa shape index (κ1) is 13.5. The molecule has 4 rings (SSSR count). The van der Waals surface area contributed by atoms with Gasteiger partial charge in [-0.15, -0.1) is 0 Å². The number of rotatable bonds is 3. The van der Waals surface area contributed by atoms with Gasteiger partial charge in [-0.1, -0.05) is 0 Å². The third kappa shape index (κ3) is 1.45. The summed E-state index contributed by atoms with van der Waals surface area (Å²) in [5, 5.41) is 0. The minimum atomic E-state index is -1.60. The van der Waals surface area contributed by atoms with Crippen LogP contribution in [0.5, 0.6) is 0 Å². The lowest BCUT2D eigenvalue weighted by atomic mass is 9.37. The molecule has 0 radical (unpaired) electrons. The highest BCUT2D eigenvalue weighted by Crippen LogP contribution is 2.70. The molecule has 1 aromatic rings. The molecule has 0 unspecified atom stereocenters. The summed E-state index contributed by atoms with van der Waals surface area (Å²) in [7, 11) is 3.74. The van der Waals surface area contributed by atoms with Gasteiger partial charge in [0.25, 0.3) is 0 Å². The Labute approximate surface area is 113 Å². The zero-order chi connectivity index (χ0) is 14.9. The van der Waals surface area contributed by atoms with Gasteiger partial charge in [0.15, 0.2) is 29.1 Å². The number of ketones is 1. The van der Waals surface area contributed by atoms with Crippen LogP contribution in [-0.4, -0.2) is 30.3 Å². The average molecular weight is 287 g/mol. The first-order chi connectivity index (χ1) is 9.22. The zero-order valence-corrected chi connectivity index (χ0v) is 11.1. The van der Waals surface area contributed by atoms with Crippen LogP contribution in [0.25, 0.3) is 0 Å². The van der Waals surface area contributed by atoms with Crippen LogP contribution in [0.1, 0.15) is 29.6 Å². The van der Waals surface area contributed by atoms with E-state index in [1.165, 1.54) is 0 Å². The summed E-state index contributed by atoms with van der Waals surface area (Å²) < 4.78 is 53.6. The van der Waals surface area contributed by atoms with Crippen LogP contribution in [0, 0.1) is 28.7 Å². The van der Waals surface area contributed by atoms with E-state index in [2.05, 4.69) is 0 Å². The second-order valence-electron chi connectivity index (χ2n) is 6.10. The number of halogens is 4. The van der Waals surface area contributed by atoms with Crippen molar-refractivity contribution in [1.82, 2.24) is 4.90 Å². The van der Waals surface area contributed by atoms with Gasteiger partial charge in [-0.05, 0) is 33.4 Å². The van der Waals surface area contributed by atoms with E-state index >= 15 is 0 Å². The van der Waals surface area contributed by atoms with Gasteiger partial charge in [0.2, 0.25) is 0 Å². The zero-order valence-electron chi connectivity index (χ0n) is 11.1. The quantitative estimate of drug-likeness (QED) is 0.484. The Bertz CT molecular complexity index is 580. The van der Waals surface area contributed by atoms with Gasteiger partial charge in [0.1, 0.15) is 0 Å². The number of hydrogen-bond donors (Lipinski definition) is 0. The lowest BCUT2D eigenvalue weighted by Crippen LogP contribution is -2.75. The molecule has 0 amide bonds. The van der Waals surface area contributed by atoms with Gasteiger partial charge in [0.05, 0.1) is 5.56 Å². The highest BCUT2D eigenvalue weighted by atomic mass is 19.2. The molecule has 0 saturated heterocycles. The van der Waals surface area contributed by atoms with Crippen molar-refractivity contribution in [2.75, 3.05) is 14.1 Å². The lowest BCUT2D eigenvalue weighted by Gasteiger charge is -2.72. The fourth-order valence-electron chi connectivity index (χ4n) is 3.49. The third-order valence-electron chi connectivity index (χ3n) is 4.77. The molecule has 0 aromatic heterocycles. The largest absolute Gasteiger partial charge is 0.304 e. The van der Waals surface area contributed by atoms with E-state index < -0.39 is 40.0 Å². The van der Waals surface area contributed by atoms with Crippen molar-refractivity contribution in [3.05, 3.63) is 34.9 Å². The summed E-state index contributed by atoms with van der Waals surface area (Å²) in [4.78, 5) is 14.2. The number of carbonyl (C=O) groups is 1. The molecule has 0 atom stereocenters. The van der Waals surface area contributed by atoms with Crippen molar-refractivity contribution in [2.45, 2.75) is 24.8 Å². The van der Waals surface area contributed by atoms with E-state index in [-0.39, 0.29) is 11.6 Å². The minimum absolute atomic E-state index is 0.103. The summed E-state index contributed by atoms with van der Waals surface area (Å²) in [5.41, 5.74) is -2.03. The number of Topliss-reactive ketones (excluding diaryl/α,β-unsaturated/α-hetero) is 1. The Balaban J connectivity index is 1.95. The lowest BCUT2D eigenvalue weighted by molar-refractivity contribution is -0.174. The number of hydrogen-bond acceptors (Lipinski definition) is 2. The molecule has 108 valence electrons. The monoisotopic (exact) mass is 287 g/mol. The summed E-state index contributed by atoms with van der Waals surface area (Å²) in [5.74, 6) is -7.10. The Morgan fingerprint density at radius 2 is 1.50 bits per heavy atom. The molecule has 0 spiro atoms. The third-order valence-corrected chi connectivity index (χ3v) is 4.77. The van der Waals surface area contributed by atoms with Gasteiger partial charge in [-0.2, -0.15) is 0 Å². The fourth-order valence-corrected chi connectivity index (χ4v) is 3.49. The van der Waals surface area contributed by atoms with Gasteiger partial charge in [-0.3, -0.25) is 4.79 Å². The van der Waals surface area contributed by atoms with E-state index in [0.717, 1.165) is 0 Å². The van der Waals surface area contributed by atoms with Crippen molar-refractivity contribution in [2.24, 2.45) is 5.41 Å². The SMILES string of the molecule is CN(C)C12CC(C(=O)c3c(F)c(F)cc(F)c3F)(C1)C2. The van der Waals surface area contributed by atoms with Crippen molar-refractivity contribution in [3.8, 4) is 0 Å². The number of benzene rings is 1. The average Bonchev–Trinajstić information content (AvgIpc) is 2.22. The summed E-state index contributed by atoms with van der Waals surface area (Å²) in [6.07, 6.45) is 1.43. The van der Waals surface area contributed by atoms with Crippen molar-refractivity contribution < 1.29 is 22.4 Å². The molecule has 0 aliphatic heterocycles. The van der Waals surface area contributed by atoms with Crippen LogP contribution < -0.4 is 0 Å². The highest BCUT2D eigenvalue weighted by molar-refractivity contribution is 6.03. The molecule has 2 bridgehead atoms. The summed E-state index contributed by atoms with van der Waals surface area (Å²) >= 11 is 0. The Kier molecular flexibility index (Phi) is 2.58. The van der Waals surface area contributed by atoms with Gasteiger partial charge in [0, 0.05) is 17.0 Å². The second-order valence-corrected chi connectivity index (χ2v) is 6.10. The van der Waals surface area contributed by atoms with E-state index in [1.807, 2.05) is 19.0 Å². The second kappa shape index (κ2) is 3.81. The van der Waals surface area contributed by atoms with Crippen molar-refractivity contribution >= 4 is 5.78 Å². The van der Waals surface area contributed by atoms with Crippen LogP contribution >= 0.6 is 0 Å². The van der Waals surface area contributed by atoms with E-state index in [0.29, 0.717) is 19.3 Å². The minimum Gasteiger partial charge on any atom is -0.304 e. The van der Waals surface area contributed by atoms with Crippen LogP contribution in [-0.2, 0) is 0 Å². The van der Waals surface area contributed by atoms with Crippen LogP contribution in [0.15, 0.2) is 6.07 Å². The first-order valence-corrected chi connectivity index (χ1v) is 6.28. The molecule has 0 N–H and O–H groups in total. The Hall–Kier alpha value is -1.43. The molecular weight excluding hydrogens is 274 g/mol. The van der Waals surface area contributed by atoms with E-state index in [4.69, 9.17) is 0 Å². The maximum Gasteiger partial charge on any atom is 0.175 e. The normalized spacial score (nSPS) is 30.9.